The number of hydrogen-bond acceptors (Lipinski definition) is 7. The fourth-order valence-electron chi connectivity index (χ4n) is 4.59. The van der Waals surface area contributed by atoms with E-state index in [1.54, 1.807) is 42.5 Å². The van der Waals surface area contributed by atoms with E-state index >= 15 is 0 Å². The minimum Gasteiger partial charge on any atom is -0.546 e. The van der Waals surface area contributed by atoms with Gasteiger partial charge in [0.2, 0.25) is 5.58 Å². The minimum atomic E-state index is -4.86. The molecule has 202 valence electrons. The summed E-state index contributed by atoms with van der Waals surface area (Å²) >= 11 is 0. The Bertz CT molecular complexity index is 1700. The molecule has 0 bridgehead atoms. The van der Waals surface area contributed by atoms with Crippen molar-refractivity contribution in [1.82, 2.24) is 9.72 Å². The average molecular weight is 562 g/mol. The van der Waals surface area contributed by atoms with Crippen molar-refractivity contribution in [1.29, 1.82) is 0 Å². The summed E-state index contributed by atoms with van der Waals surface area (Å²) in [6.45, 7) is 3.42. The molecule has 0 aliphatic carbocycles. The molecule has 0 fully saturated rings. The number of carbonyl (C=O) groups excluding carboxylic acids is 1. The van der Waals surface area contributed by atoms with Crippen LogP contribution in [-0.2, 0) is 11.3 Å². The average Bonchev–Trinajstić information content (AvgIpc) is 3.41. The van der Waals surface area contributed by atoms with E-state index in [4.69, 9.17) is 14.0 Å². The number of aromatic nitrogens is 2. The van der Waals surface area contributed by atoms with Gasteiger partial charge in [0.05, 0.1) is 24.0 Å². The molecule has 8 nitrogen and oxygen atoms in total. The molecule has 0 aliphatic heterocycles. The molecule has 2 aromatic heterocycles. The molecule has 0 unspecified atom stereocenters. The molecule has 1 atom stereocenters. The predicted molar refractivity (Wildman–Crippen MR) is 134 cm³/mol. The van der Waals surface area contributed by atoms with Crippen LogP contribution in [-0.4, -0.2) is 35.3 Å². The Balaban J connectivity index is 0.00000370. The van der Waals surface area contributed by atoms with Crippen LogP contribution in [0.2, 0.25) is 0 Å². The van der Waals surface area contributed by atoms with Gasteiger partial charge in [-0.1, -0.05) is 23.4 Å². The summed E-state index contributed by atoms with van der Waals surface area (Å²) in [5.41, 5.74) is 3.53. The molecule has 0 radical (unpaired) electrons. The van der Waals surface area contributed by atoms with Crippen LogP contribution in [0.5, 0.6) is 17.2 Å². The molecule has 0 aliphatic rings. The number of hydrogen-bond donors (Lipinski definition) is 0. The number of alkyl halides is 3. The Morgan fingerprint density at radius 2 is 1.82 bits per heavy atom. The van der Waals surface area contributed by atoms with Crippen molar-refractivity contribution in [3.8, 4) is 28.5 Å². The summed E-state index contributed by atoms with van der Waals surface area (Å²) in [6, 6.07) is 16.3. The van der Waals surface area contributed by atoms with Crippen molar-refractivity contribution in [3.63, 3.8) is 0 Å². The van der Waals surface area contributed by atoms with Gasteiger partial charge >= 0.3 is 35.9 Å². The molecule has 12 heteroatoms. The van der Waals surface area contributed by atoms with Crippen LogP contribution in [0.4, 0.5) is 13.2 Å². The second kappa shape index (κ2) is 11.4. The molecule has 2 heterocycles. The summed E-state index contributed by atoms with van der Waals surface area (Å²) in [4.78, 5) is 11.1. The van der Waals surface area contributed by atoms with Crippen molar-refractivity contribution in [2.45, 2.75) is 32.9 Å². The van der Waals surface area contributed by atoms with Gasteiger partial charge < -0.3 is 33.2 Å². The minimum absolute atomic E-state index is 0. The van der Waals surface area contributed by atoms with Gasteiger partial charge in [0.15, 0.2) is 5.75 Å². The number of nitrogens with zero attached hydrogens (tertiary/aromatic N) is 2. The molecular weight excluding hydrogens is 540 g/mol. The van der Waals surface area contributed by atoms with Crippen molar-refractivity contribution in [3.05, 3.63) is 71.9 Å². The van der Waals surface area contributed by atoms with Crippen LogP contribution in [0.1, 0.15) is 18.2 Å². The first-order valence-corrected chi connectivity index (χ1v) is 11.8. The van der Waals surface area contributed by atoms with Gasteiger partial charge in [-0.15, -0.1) is 13.2 Å². The zero-order valence-electron chi connectivity index (χ0n) is 22.0. The number of ether oxygens (including phenoxy) is 3. The van der Waals surface area contributed by atoms with Crippen LogP contribution in [0.15, 0.2) is 65.2 Å². The van der Waals surface area contributed by atoms with Gasteiger partial charge in [-0.05, 0) is 55.8 Å². The molecular formula is C28H22F3N2NaO6. The Labute approximate surface area is 248 Å². The zero-order valence-corrected chi connectivity index (χ0v) is 24.0. The predicted octanol–water partition coefficient (Wildman–Crippen LogP) is 2.23. The van der Waals surface area contributed by atoms with Crippen LogP contribution in [0.3, 0.4) is 0 Å². The van der Waals surface area contributed by atoms with Crippen LogP contribution >= 0.6 is 0 Å². The Kier molecular flexibility index (Phi) is 8.38. The van der Waals surface area contributed by atoms with E-state index in [1.807, 2.05) is 17.6 Å². The molecule has 0 amide bonds. The standard InChI is InChI=1S/C28H23F3N2O6.Na/c1-15-24(25-21-8-5-9-23(36-3)26(21)39-32-25)20-11-10-19(38-28(29,30)31)13-22(20)33(15)14-17-6-4-7-18(12-17)37-16(2)27(34)35;/h4-13,16H,14H2,1-3H3,(H,34,35);/q;+1/p-1/t16-;/m1./s1. The van der Waals surface area contributed by atoms with Gasteiger partial charge in [0.25, 0.3) is 0 Å². The molecule has 5 rings (SSSR count). The fraction of sp³-hybridized carbons (Fsp3) is 0.214. The maximum atomic E-state index is 13.0. The van der Waals surface area contributed by atoms with E-state index in [0.717, 1.165) is 5.56 Å². The van der Waals surface area contributed by atoms with Crippen LogP contribution in [0.25, 0.3) is 33.1 Å². The first-order valence-electron chi connectivity index (χ1n) is 11.8. The van der Waals surface area contributed by atoms with Crippen molar-refractivity contribution >= 4 is 27.8 Å². The molecule has 3 aromatic carbocycles. The molecule has 0 N–H and O–H groups in total. The maximum Gasteiger partial charge on any atom is 1.00 e. The number of methoxy groups -OCH3 is 1. The number of para-hydroxylation sites is 1. The van der Waals surface area contributed by atoms with Gasteiger partial charge in [-0.3, -0.25) is 0 Å². The number of carboxylic acids is 1. The normalized spacial score (nSPS) is 12.2. The van der Waals surface area contributed by atoms with Crippen LogP contribution in [0, 0.1) is 6.92 Å². The number of carbonyl (C=O) groups is 1. The van der Waals surface area contributed by atoms with Crippen LogP contribution < -0.4 is 48.9 Å². The second-order valence-corrected chi connectivity index (χ2v) is 8.87. The number of rotatable bonds is 8. The third kappa shape index (κ3) is 5.77. The third-order valence-corrected chi connectivity index (χ3v) is 6.33. The quantitative estimate of drug-likeness (QED) is 0.268. The fourth-order valence-corrected chi connectivity index (χ4v) is 4.59. The molecule has 5 aromatic rings. The van der Waals surface area contributed by atoms with Crippen molar-refractivity contribution < 1.29 is 71.4 Å². The monoisotopic (exact) mass is 562 g/mol. The molecule has 0 saturated heterocycles. The molecule has 0 saturated carbocycles. The summed E-state index contributed by atoms with van der Waals surface area (Å²) in [7, 11) is 1.52. The van der Waals surface area contributed by atoms with Gasteiger partial charge in [-0.25, -0.2) is 0 Å². The van der Waals surface area contributed by atoms with E-state index in [1.165, 1.54) is 26.2 Å². The zero-order chi connectivity index (χ0) is 27.9. The Morgan fingerprint density at radius 3 is 2.52 bits per heavy atom. The summed E-state index contributed by atoms with van der Waals surface area (Å²) in [5, 5.41) is 16.7. The first-order chi connectivity index (χ1) is 18.6. The summed E-state index contributed by atoms with van der Waals surface area (Å²) in [5.74, 6) is -0.914. The largest absolute Gasteiger partial charge is 1.00 e. The number of aliphatic carboxylic acids is 1. The number of fused-ring (bicyclic) bond motifs is 2. The Morgan fingerprint density at radius 1 is 1.07 bits per heavy atom. The van der Waals surface area contributed by atoms with E-state index < -0.39 is 18.4 Å². The number of halogens is 3. The number of carboxylic acid groups (broad SMARTS) is 1. The topological polar surface area (TPSA) is 98.8 Å². The van der Waals surface area contributed by atoms with E-state index in [2.05, 4.69) is 9.89 Å². The van der Waals surface area contributed by atoms with Crippen molar-refractivity contribution in [2.75, 3.05) is 7.11 Å². The third-order valence-electron chi connectivity index (χ3n) is 6.33. The smallest absolute Gasteiger partial charge is 0.546 e. The first kappa shape index (κ1) is 29.3. The second-order valence-electron chi connectivity index (χ2n) is 8.87. The number of benzene rings is 3. The SMILES string of the molecule is COc1cccc2c(-c3c(C)n(Cc4cccc(O[C@H](C)C(=O)[O-])c4)c4cc(OC(F)(F)F)ccc34)noc12.[Na+]. The van der Waals surface area contributed by atoms with Crippen molar-refractivity contribution in [2.24, 2.45) is 0 Å². The van der Waals surface area contributed by atoms with Gasteiger partial charge in [-0.2, -0.15) is 0 Å². The summed E-state index contributed by atoms with van der Waals surface area (Å²) in [6.07, 6.45) is -6.02. The Hall–Kier alpha value is -3.67. The van der Waals surface area contributed by atoms with E-state index in [0.29, 0.717) is 50.3 Å². The maximum absolute atomic E-state index is 13.0. The molecule has 0 spiro atoms. The van der Waals surface area contributed by atoms with E-state index in [-0.39, 0.29) is 41.9 Å². The summed E-state index contributed by atoms with van der Waals surface area (Å²) < 4.78 is 61.5. The van der Waals surface area contributed by atoms with Gasteiger partial charge in [0.1, 0.15) is 23.3 Å². The van der Waals surface area contributed by atoms with E-state index in [9.17, 15) is 23.1 Å². The van der Waals surface area contributed by atoms with Gasteiger partial charge in [0, 0.05) is 29.3 Å². The molecule has 40 heavy (non-hydrogen) atoms.